The maximum Gasteiger partial charge on any atom is -0.0443 e. The molecule has 2 heteroatoms. The third kappa shape index (κ3) is 2.60. The molecule has 2 nitrogen and oxygen atoms in total. The van der Waals surface area contributed by atoms with Gasteiger partial charge < -0.3 is 11.0 Å². The fraction of sp³-hybridized carbons (Fsp3) is 1.00. The van der Waals surface area contributed by atoms with Crippen molar-refractivity contribution in [3.8, 4) is 0 Å². The minimum Gasteiger partial charge on any atom is -0.412 e. The molecule has 0 aliphatic heterocycles. The summed E-state index contributed by atoms with van der Waals surface area (Å²) in [5, 5.41) is 0. The van der Waals surface area contributed by atoms with Crippen molar-refractivity contribution in [2.24, 2.45) is 5.92 Å². The smallest absolute Gasteiger partial charge is 0.0443 e. The van der Waals surface area contributed by atoms with Gasteiger partial charge in [-0.2, -0.15) is 0 Å². The topological polar surface area (TPSA) is 63.0 Å². The van der Waals surface area contributed by atoms with Crippen LogP contribution in [0.1, 0.15) is 26.2 Å². The molecule has 1 aliphatic carbocycles. The Labute approximate surface area is 44.2 Å². The van der Waals surface area contributed by atoms with Crippen molar-refractivity contribution in [2.45, 2.75) is 26.2 Å². The van der Waals surface area contributed by atoms with Crippen LogP contribution < -0.4 is 0 Å². The van der Waals surface area contributed by atoms with Crippen molar-refractivity contribution >= 4 is 0 Å². The van der Waals surface area contributed by atoms with Crippen LogP contribution in [-0.2, 0) is 0 Å². The lowest BCUT2D eigenvalue weighted by Crippen LogP contribution is -2.04. The van der Waals surface area contributed by atoms with E-state index in [0.717, 1.165) is 5.92 Å². The molecule has 0 heterocycles. The fourth-order valence-electron chi connectivity index (χ4n) is 0.612. The first kappa shape index (κ1) is 10.0. The lowest BCUT2D eigenvalue weighted by atomic mass is 9.88. The molecule has 0 aromatic carbocycles. The largest absolute Gasteiger partial charge is 0.412 e. The molecule has 1 fully saturated rings. The van der Waals surface area contributed by atoms with Crippen molar-refractivity contribution in [1.82, 2.24) is 0 Å². The summed E-state index contributed by atoms with van der Waals surface area (Å²) in [6.45, 7) is 2.31. The summed E-state index contributed by atoms with van der Waals surface area (Å²) in [5.74, 6) is 1.06. The van der Waals surface area contributed by atoms with E-state index >= 15 is 0 Å². The molecule has 46 valence electrons. The fourth-order valence-corrected chi connectivity index (χ4v) is 0.612. The van der Waals surface area contributed by atoms with Gasteiger partial charge >= 0.3 is 0 Å². The molecular formula is C5H14O2. The minimum absolute atomic E-state index is 0. The van der Waals surface area contributed by atoms with E-state index in [1.165, 1.54) is 19.3 Å². The van der Waals surface area contributed by atoms with E-state index in [-0.39, 0.29) is 11.0 Å². The maximum absolute atomic E-state index is 2.31. The second-order valence-electron chi connectivity index (χ2n) is 2.04. The number of hydrogen-bond donors (Lipinski definition) is 0. The van der Waals surface area contributed by atoms with E-state index in [0.29, 0.717) is 0 Å². The van der Waals surface area contributed by atoms with E-state index < -0.39 is 0 Å². The van der Waals surface area contributed by atoms with Crippen LogP contribution in [0.25, 0.3) is 0 Å². The van der Waals surface area contributed by atoms with Gasteiger partial charge in [-0.05, 0) is 5.92 Å². The standard InChI is InChI=1S/C5H10.2H2O/c1-5-3-2-4-5;;/h5H,2-4H2,1H3;2*1H2. The summed E-state index contributed by atoms with van der Waals surface area (Å²) in [5.41, 5.74) is 0. The van der Waals surface area contributed by atoms with Gasteiger partial charge in [0.15, 0.2) is 0 Å². The Balaban J connectivity index is 0. The van der Waals surface area contributed by atoms with Crippen LogP contribution in [0.15, 0.2) is 0 Å². The van der Waals surface area contributed by atoms with Gasteiger partial charge in [0.1, 0.15) is 0 Å². The molecule has 0 spiro atoms. The molecule has 0 radical (unpaired) electrons. The van der Waals surface area contributed by atoms with E-state index in [1.54, 1.807) is 0 Å². The molecule has 0 unspecified atom stereocenters. The molecule has 7 heavy (non-hydrogen) atoms. The Bertz CT molecular complexity index is 33.1. The highest BCUT2D eigenvalue weighted by Crippen LogP contribution is 2.24. The summed E-state index contributed by atoms with van der Waals surface area (Å²) in [4.78, 5) is 0. The molecule has 4 N–H and O–H groups in total. The predicted molar refractivity (Wildman–Crippen MR) is 30.2 cm³/mol. The van der Waals surface area contributed by atoms with Crippen LogP contribution in [0.4, 0.5) is 0 Å². The van der Waals surface area contributed by atoms with Crippen LogP contribution in [0.3, 0.4) is 0 Å². The van der Waals surface area contributed by atoms with Gasteiger partial charge in [-0.3, -0.25) is 0 Å². The van der Waals surface area contributed by atoms with Gasteiger partial charge in [0.05, 0.1) is 0 Å². The average Bonchev–Trinajstić information content (AvgIpc) is 1.30. The lowest BCUT2D eigenvalue weighted by molar-refractivity contribution is 0.346. The minimum atomic E-state index is 0. The Kier molecular flexibility index (Phi) is 5.85. The van der Waals surface area contributed by atoms with Crippen LogP contribution in [0.5, 0.6) is 0 Å². The quantitative estimate of drug-likeness (QED) is 0.422. The van der Waals surface area contributed by atoms with Gasteiger partial charge in [-0.15, -0.1) is 0 Å². The number of hydrogen-bond acceptors (Lipinski definition) is 0. The summed E-state index contributed by atoms with van der Waals surface area (Å²) in [6, 6.07) is 0. The summed E-state index contributed by atoms with van der Waals surface area (Å²) in [6.07, 6.45) is 4.46. The van der Waals surface area contributed by atoms with Crippen LogP contribution in [0.2, 0.25) is 0 Å². The van der Waals surface area contributed by atoms with Crippen LogP contribution >= 0.6 is 0 Å². The molecule has 0 saturated heterocycles. The normalized spacial score (nSPS) is 18.4. The molecule has 1 saturated carbocycles. The molecule has 0 aromatic heterocycles. The summed E-state index contributed by atoms with van der Waals surface area (Å²) >= 11 is 0. The van der Waals surface area contributed by atoms with E-state index in [2.05, 4.69) is 6.92 Å². The zero-order valence-corrected chi connectivity index (χ0v) is 4.70. The van der Waals surface area contributed by atoms with Gasteiger partial charge in [0.25, 0.3) is 0 Å². The highest BCUT2D eigenvalue weighted by molar-refractivity contribution is 4.62. The monoisotopic (exact) mass is 106 g/mol. The zero-order chi connectivity index (χ0) is 3.70. The highest BCUT2D eigenvalue weighted by Gasteiger charge is 2.09. The Morgan fingerprint density at radius 1 is 1.14 bits per heavy atom. The van der Waals surface area contributed by atoms with Crippen molar-refractivity contribution < 1.29 is 11.0 Å². The molecule has 1 rings (SSSR count). The molecule has 1 aliphatic rings. The number of rotatable bonds is 0. The average molecular weight is 106 g/mol. The second-order valence-corrected chi connectivity index (χ2v) is 2.04. The van der Waals surface area contributed by atoms with Crippen LogP contribution in [0, 0.1) is 5.92 Å². The molecular weight excluding hydrogens is 92.1 g/mol. The lowest BCUT2D eigenvalue weighted by Gasteiger charge is -2.18. The molecule has 0 amide bonds. The first-order valence-corrected chi connectivity index (χ1v) is 2.39. The Morgan fingerprint density at radius 3 is 1.43 bits per heavy atom. The predicted octanol–water partition coefficient (Wildman–Crippen LogP) is 0.157. The van der Waals surface area contributed by atoms with Gasteiger partial charge in [0.2, 0.25) is 0 Å². The van der Waals surface area contributed by atoms with E-state index in [4.69, 9.17) is 0 Å². The van der Waals surface area contributed by atoms with Crippen molar-refractivity contribution in [2.75, 3.05) is 0 Å². The summed E-state index contributed by atoms with van der Waals surface area (Å²) in [7, 11) is 0. The maximum atomic E-state index is 2.31. The van der Waals surface area contributed by atoms with Crippen LogP contribution in [-0.4, -0.2) is 11.0 Å². The first-order chi connectivity index (χ1) is 2.39. The van der Waals surface area contributed by atoms with Crippen molar-refractivity contribution in [3.63, 3.8) is 0 Å². The van der Waals surface area contributed by atoms with Crippen molar-refractivity contribution in [1.29, 1.82) is 0 Å². The van der Waals surface area contributed by atoms with Gasteiger partial charge in [-0.25, -0.2) is 0 Å². The molecule has 0 bridgehead atoms. The van der Waals surface area contributed by atoms with E-state index in [1.807, 2.05) is 0 Å². The second kappa shape index (κ2) is 4.09. The summed E-state index contributed by atoms with van der Waals surface area (Å²) < 4.78 is 0. The van der Waals surface area contributed by atoms with Gasteiger partial charge in [0, 0.05) is 0 Å². The third-order valence-electron chi connectivity index (χ3n) is 1.39. The molecule has 0 atom stereocenters. The van der Waals surface area contributed by atoms with E-state index in [9.17, 15) is 0 Å². The highest BCUT2D eigenvalue weighted by atomic mass is 16.0. The Hall–Kier alpha value is -0.0800. The van der Waals surface area contributed by atoms with Gasteiger partial charge in [-0.1, -0.05) is 26.2 Å². The SMILES string of the molecule is CC1CCC1.O.O. The van der Waals surface area contributed by atoms with Crippen molar-refractivity contribution in [3.05, 3.63) is 0 Å². The zero-order valence-electron chi connectivity index (χ0n) is 4.70. The molecule has 0 aromatic rings. The first-order valence-electron chi connectivity index (χ1n) is 2.39. The Morgan fingerprint density at radius 2 is 1.43 bits per heavy atom. The third-order valence-corrected chi connectivity index (χ3v) is 1.39.